The Balaban J connectivity index is 0.00000112. The van der Waals surface area contributed by atoms with Crippen LogP contribution in [0.2, 0.25) is 0 Å². The standard InChI is InChI=1S/C11H15NO2.ClH/c1-8(12-2)5-9-3-4-10-11(6-9)14-7-13-10;/h3-4,6,8,12H,5,7H2,1-2H3;1H/p-1. The van der Waals surface area contributed by atoms with Crippen LogP contribution < -0.4 is 27.2 Å². The molecule has 84 valence electrons. The molecule has 0 bridgehead atoms. The largest absolute Gasteiger partial charge is 1.00 e. The Bertz CT molecular complexity index is 330. The van der Waals surface area contributed by atoms with Crippen molar-refractivity contribution >= 4 is 0 Å². The highest BCUT2D eigenvalue weighted by Gasteiger charge is 2.13. The van der Waals surface area contributed by atoms with E-state index in [4.69, 9.17) is 9.47 Å². The van der Waals surface area contributed by atoms with Gasteiger partial charge in [0.2, 0.25) is 6.79 Å². The second-order valence-electron chi connectivity index (χ2n) is 3.58. The van der Waals surface area contributed by atoms with E-state index in [2.05, 4.69) is 24.4 Å². The molecular weight excluding hydrogens is 214 g/mol. The quantitative estimate of drug-likeness (QED) is 0.688. The van der Waals surface area contributed by atoms with Crippen LogP contribution in [0.25, 0.3) is 0 Å². The van der Waals surface area contributed by atoms with E-state index in [1.165, 1.54) is 5.56 Å². The summed E-state index contributed by atoms with van der Waals surface area (Å²) in [5, 5.41) is 3.21. The molecule has 0 saturated heterocycles. The minimum atomic E-state index is 0. The third-order valence-corrected chi connectivity index (χ3v) is 2.47. The van der Waals surface area contributed by atoms with E-state index in [-0.39, 0.29) is 12.4 Å². The van der Waals surface area contributed by atoms with Crippen LogP contribution in [-0.2, 0) is 6.42 Å². The molecule has 0 saturated carbocycles. The summed E-state index contributed by atoms with van der Waals surface area (Å²) in [7, 11) is 1.97. The molecule has 0 aliphatic carbocycles. The predicted molar refractivity (Wildman–Crippen MR) is 54.8 cm³/mol. The van der Waals surface area contributed by atoms with E-state index in [1.807, 2.05) is 13.1 Å². The van der Waals surface area contributed by atoms with Crippen LogP contribution in [0, 0.1) is 0 Å². The second-order valence-corrected chi connectivity index (χ2v) is 3.58. The van der Waals surface area contributed by atoms with Crippen molar-refractivity contribution in [2.75, 3.05) is 13.8 Å². The summed E-state index contributed by atoms with van der Waals surface area (Å²) in [6.07, 6.45) is 1.01. The number of likely N-dealkylation sites (N-methyl/N-ethyl adjacent to an activating group) is 1. The first-order valence-corrected chi connectivity index (χ1v) is 4.85. The van der Waals surface area contributed by atoms with E-state index in [0.717, 1.165) is 17.9 Å². The number of ether oxygens (including phenoxy) is 2. The molecule has 1 atom stereocenters. The van der Waals surface area contributed by atoms with Crippen LogP contribution in [0.4, 0.5) is 0 Å². The number of hydrogen-bond donors (Lipinski definition) is 1. The smallest absolute Gasteiger partial charge is 0.231 e. The Morgan fingerprint density at radius 2 is 2.07 bits per heavy atom. The zero-order chi connectivity index (χ0) is 9.97. The van der Waals surface area contributed by atoms with Crippen LogP contribution in [0.15, 0.2) is 18.2 Å². The lowest BCUT2D eigenvalue weighted by Crippen LogP contribution is -3.00. The first-order chi connectivity index (χ1) is 6.79. The molecular formula is C11H15ClNO2-. The van der Waals surface area contributed by atoms with Gasteiger partial charge >= 0.3 is 0 Å². The van der Waals surface area contributed by atoms with Crippen LogP contribution >= 0.6 is 0 Å². The van der Waals surface area contributed by atoms with Crippen LogP contribution in [0.5, 0.6) is 11.5 Å². The van der Waals surface area contributed by atoms with Crippen molar-refractivity contribution in [1.29, 1.82) is 0 Å². The van der Waals surface area contributed by atoms with Gasteiger partial charge in [-0.1, -0.05) is 6.07 Å². The molecule has 1 unspecified atom stereocenters. The van der Waals surface area contributed by atoms with E-state index in [1.54, 1.807) is 0 Å². The Morgan fingerprint density at radius 3 is 2.80 bits per heavy atom. The molecule has 1 N–H and O–H groups in total. The first kappa shape index (κ1) is 12.1. The molecule has 1 heterocycles. The summed E-state index contributed by atoms with van der Waals surface area (Å²) >= 11 is 0. The summed E-state index contributed by atoms with van der Waals surface area (Å²) < 4.78 is 10.6. The number of rotatable bonds is 3. The van der Waals surface area contributed by atoms with Gasteiger partial charge in [0.1, 0.15) is 0 Å². The minimum Gasteiger partial charge on any atom is -1.00 e. The normalized spacial score (nSPS) is 14.5. The number of hydrogen-bond acceptors (Lipinski definition) is 3. The molecule has 0 amide bonds. The van der Waals surface area contributed by atoms with Gasteiger partial charge in [0.25, 0.3) is 0 Å². The van der Waals surface area contributed by atoms with Gasteiger partial charge in [-0.25, -0.2) is 0 Å². The van der Waals surface area contributed by atoms with E-state index >= 15 is 0 Å². The fourth-order valence-electron chi connectivity index (χ4n) is 1.52. The number of benzene rings is 1. The van der Waals surface area contributed by atoms with Crippen molar-refractivity contribution in [2.24, 2.45) is 0 Å². The van der Waals surface area contributed by atoms with Crippen LogP contribution in [0.1, 0.15) is 12.5 Å². The molecule has 0 aromatic heterocycles. The second kappa shape index (κ2) is 5.24. The Labute approximate surface area is 96.2 Å². The van der Waals surface area contributed by atoms with Gasteiger partial charge in [0, 0.05) is 6.04 Å². The zero-order valence-electron chi connectivity index (χ0n) is 8.92. The SMILES string of the molecule is CNC(C)Cc1ccc2c(c1)OCO2.[Cl-]. The van der Waals surface area contributed by atoms with E-state index in [9.17, 15) is 0 Å². The van der Waals surface area contributed by atoms with Gasteiger partial charge < -0.3 is 27.2 Å². The Hall–Kier alpha value is -0.930. The molecule has 0 radical (unpaired) electrons. The Morgan fingerprint density at radius 1 is 1.33 bits per heavy atom. The molecule has 1 aromatic carbocycles. The average Bonchev–Trinajstić information content (AvgIpc) is 2.64. The highest BCUT2D eigenvalue weighted by molar-refractivity contribution is 5.44. The summed E-state index contributed by atoms with van der Waals surface area (Å²) in [6.45, 7) is 2.50. The third-order valence-electron chi connectivity index (χ3n) is 2.47. The van der Waals surface area contributed by atoms with Crippen molar-refractivity contribution < 1.29 is 21.9 Å². The van der Waals surface area contributed by atoms with Gasteiger partial charge in [-0.15, -0.1) is 0 Å². The monoisotopic (exact) mass is 228 g/mol. The van der Waals surface area contributed by atoms with E-state index < -0.39 is 0 Å². The minimum absolute atomic E-state index is 0. The topological polar surface area (TPSA) is 30.5 Å². The molecule has 2 rings (SSSR count). The third kappa shape index (κ3) is 2.76. The lowest BCUT2D eigenvalue weighted by molar-refractivity contribution is -0.00000464. The number of nitrogens with one attached hydrogen (secondary N) is 1. The first-order valence-electron chi connectivity index (χ1n) is 4.85. The Kier molecular flexibility index (Phi) is 4.24. The molecule has 1 aromatic rings. The lowest BCUT2D eigenvalue weighted by atomic mass is 10.1. The molecule has 0 fully saturated rings. The summed E-state index contributed by atoms with van der Waals surface area (Å²) in [5.74, 6) is 1.72. The van der Waals surface area contributed by atoms with Gasteiger partial charge in [-0.05, 0) is 38.1 Å². The van der Waals surface area contributed by atoms with Crippen LogP contribution in [0.3, 0.4) is 0 Å². The molecule has 0 spiro atoms. The van der Waals surface area contributed by atoms with Crippen molar-refractivity contribution in [3.8, 4) is 11.5 Å². The molecule has 1 aliphatic rings. The fraction of sp³-hybridized carbons (Fsp3) is 0.455. The molecule has 15 heavy (non-hydrogen) atoms. The van der Waals surface area contributed by atoms with Crippen LogP contribution in [-0.4, -0.2) is 19.9 Å². The summed E-state index contributed by atoms with van der Waals surface area (Å²) in [5.41, 5.74) is 1.27. The fourth-order valence-corrected chi connectivity index (χ4v) is 1.52. The summed E-state index contributed by atoms with van der Waals surface area (Å²) in [4.78, 5) is 0. The molecule has 3 nitrogen and oxygen atoms in total. The van der Waals surface area contributed by atoms with Crippen molar-refractivity contribution in [1.82, 2.24) is 5.32 Å². The van der Waals surface area contributed by atoms with Gasteiger partial charge in [0.05, 0.1) is 0 Å². The maximum absolute atomic E-state index is 5.31. The maximum Gasteiger partial charge on any atom is 0.231 e. The van der Waals surface area contributed by atoms with E-state index in [0.29, 0.717) is 12.8 Å². The molecule has 4 heteroatoms. The van der Waals surface area contributed by atoms with Gasteiger partial charge in [0.15, 0.2) is 11.5 Å². The average molecular weight is 229 g/mol. The number of halogens is 1. The van der Waals surface area contributed by atoms with Crippen molar-refractivity contribution in [2.45, 2.75) is 19.4 Å². The highest BCUT2D eigenvalue weighted by atomic mass is 35.5. The zero-order valence-corrected chi connectivity index (χ0v) is 9.67. The lowest BCUT2D eigenvalue weighted by Gasteiger charge is -2.09. The summed E-state index contributed by atoms with van der Waals surface area (Å²) in [6, 6.07) is 6.59. The van der Waals surface area contributed by atoms with Crippen molar-refractivity contribution in [3.63, 3.8) is 0 Å². The predicted octanol–water partition coefficient (Wildman–Crippen LogP) is -1.43. The van der Waals surface area contributed by atoms with Gasteiger partial charge in [-0.3, -0.25) is 0 Å². The maximum atomic E-state index is 5.31. The number of fused-ring (bicyclic) bond motifs is 1. The molecule has 1 aliphatic heterocycles. The highest BCUT2D eigenvalue weighted by Crippen LogP contribution is 2.32. The van der Waals surface area contributed by atoms with Gasteiger partial charge in [-0.2, -0.15) is 0 Å². The van der Waals surface area contributed by atoms with Crippen molar-refractivity contribution in [3.05, 3.63) is 23.8 Å².